The van der Waals surface area contributed by atoms with E-state index in [9.17, 15) is 0 Å². The number of rotatable bonds is 7. The molecule has 0 aliphatic rings. The van der Waals surface area contributed by atoms with Crippen molar-refractivity contribution in [1.82, 2.24) is 15.0 Å². The third kappa shape index (κ3) is 6.00. The van der Waals surface area contributed by atoms with E-state index in [2.05, 4.69) is 132 Å². The predicted molar refractivity (Wildman–Crippen MR) is 248 cm³/mol. The van der Waals surface area contributed by atoms with Gasteiger partial charge in [0.25, 0.3) is 0 Å². The van der Waals surface area contributed by atoms with Crippen LogP contribution in [-0.4, -0.2) is 15.0 Å². The van der Waals surface area contributed by atoms with E-state index in [-0.39, 0.29) is 0 Å². The van der Waals surface area contributed by atoms with E-state index in [4.69, 9.17) is 23.8 Å². The highest BCUT2D eigenvalue weighted by atomic mass is 16.3. The van der Waals surface area contributed by atoms with Crippen LogP contribution in [0.3, 0.4) is 0 Å². The van der Waals surface area contributed by atoms with Crippen molar-refractivity contribution >= 4 is 71.7 Å². The molecule has 0 saturated carbocycles. The molecule has 0 saturated heterocycles. The summed E-state index contributed by atoms with van der Waals surface area (Å²) in [5, 5.41) is 6.42. The van der Waals surface area contributed by atoms with Crippen molar-refractivity contribution in [3.63, 3.8) is 0 Å². The first-order valence-corrected chi connectivity index (χ1v) is 20.3. The first-order valence-electron chi connectivity index (χ1n) is 20.3. The fourth-order valence-corrected chi connectivity index (χ4v) is 8.62. The number of furan rings is 2. The Labute approximate surface area is 350 Å². The van der Waals surface area contributed by atoms with Gasteiger partial charge in [-0.1, -0.05) is 140 Å². The average Bonchev–Trinajstić information content (AvgIpc) is 3.91. The van der Waals surface area contributed by atoms with Gasteiger partial charge in [0.1, 0.15) is 22.3 Å². The van der Waals surface area contributed by atoms with Gasteiger partial charge in [-0.15, -0.1) is 0 Å². The third-order valence-electron chi connectivity index (χ3n) is 11.5. The van der Waals surface area contributed by atoms with E-state index in [1.165, 1.54) is 0 Å². The molecule has 61 heavy (non-hydrogen) atoms. The topological polar surface area (TPSA) is 68.2 Å². The molecule has 0 bridgehead atoms. The van der Waals surface area contributed by atoms with Gasteiger partial charge >= 0.3 is 0 Å². The van der Waals surface area contributed by atoms with E-state index in [1.807, 2.05) is 78.9 Å². The van der Waals surface area contributed by atoms with E-state index in [0.717, 1.165) is 99.5 Å². The molecular weight excluding hydrogens is 749 g/mol. The fourth-order valence-electron chi connectivity index (χ4n) is 8.62. The summed E-state index contributed by atoms with van der Waals surface area (Å²) in [7, 11) is 0. The summed E-state index contributed by atoms with van der Waals surface area (Å²) in [4.78, 5) is 17.7. The maximum atomic E-state index is 6.76. The van der Waals surface area contributed by atoms with E-state index in [1.54, 1.807) is 0 Å². The van der Waals surface area contributed by atoms with Crippen LogP contribution in [0, 0.1) is 0 Å². The second-order valence-electron chi connectivity index (χ2n) is 15.2. The van der Waals surface area contributed by atoms with Crippen molar-refractivity contribution in [2.45, 2.75) is 0 Å². The predicted octanol–water partition coefficient (Wildman–Crippen LogP) is 15.0. The van der Waals surface area contributed by atoms with E-state index in [0.29, 0.717) is 17.5 Å². The lowest BCUT2D eigenvalue weighted by molar-refractivity contribution is 0.668. The summed E-state index contributed by atoms with van der Waals surface area (Å²) in [6.07, 6.45) is 0. The highest BCUT2D eigenvalue weighted by Crippen LogP contribution is 2.44. The number of hydrogen-bond acceptors (Lipinski definition) is 6. The highest BCUT2D eigenvalue weighted by Gasteiger charge is 2.22. The van der Waals surface area contributed by atoms with Crippen molar-refractivity contribution in [2.24, 2.45) is 0 Å². The van der Waals surface area contributed by atoms with Gasteiger partial charge in [-0.2, -0.15) is 0 Å². The molecule has 0 radical (unpaired) electrons. The maximum Gasteiger partial charge on any atom is 0.164 e. The molecule has 0 unspecified atom stereocenters. The molecule has 0 aliphatic carbocycles. The molecule has 6 nitrogen and oxygen atoms in total. The molecule has 6 heteroatoms. The van der Waals surface area contributed by atoms with Crippen molar-refractivity contribution in [2.75, 3.05) is 4.90 Å². The molecule has 0 spiro atoms. The number of aromatic nitrogens is 3. The van der Waals surface area contributed by atoms with Crippen LogP contribution in [-0.2, 0) is 0 Å². The Balaban J connectivity index is 1.05. The van der Waals surface area contributed by atoms with E-state index >= 15 is 0 Å². The van der Waals surface area contributed by atoms with Gasteiger partial charge in [0.05, 0.1) is 0 Å². The number of fused-ring (bicyclic) bond motifs is 8. The summed E-state index contributed by atoms with van der Waals surface area (Å²) >= 11 is 0. The Kier molecular flexibility index (Phi) is 8.06. The van der Waals surface area contributed by atoms with Crippen LogP contribution in [0.5, 0.6) is 0 Å². The van der Waals surface area contributed by atoms with Gasteiger partial charge in [0.2, 0.25) is 0 Å². The Morgan fingerprint density at radius 2 is 0.869 bits per heavy atom. The van der Waals surface area contributed by atoms with Crippen LogP contribution in [0.2, 0.25) is 0 Å². The lowest BCUT2D eigenvalue weighted by Gasteiger charge is -2.25. The highest BCUT2D eigenvalue weighted by molar-refractivity contribution is 6.23. The van der Waals surface area contributed by atoms with Crippen molar-refractivity contribution in [3.05, 3.63) is 206 Å². The zero-order valence-corrected chi connectivity index (χ0v) is 32.7. The summed E-state index contributed by atoms with van der Waals surface area (Å²) in [6, 6.07) is 71.0. The Hall–Kier alpha value is -8.35. The Morgan fingerprint density at radius 3 is 1.61 bits per heavy atom. The molecule has 9 aromatic carbocycles. The van der Waals surface area contributed by atoms with Crippen molar-refractivity contribution in [1.29, 1.82) is 0 Å². The smallest absolute Gasteiger partial charge is 0.164 e. The van der Waals surface area contributed by atoms with Crippen molar-refractivity contribution < 1.29 is 8.83 Å². The van der Waals surface area contributed by atoms with Crippen molar-refractivity contribution in [3.8, 4) is 45.3 Å². The Bertz CT molecular complexity index is 3520. The summed E-state index contributed by atoms with van der Waals surface area (Å²) < 4.78 is 13.0. The first kappa shape index (κ1) is 34.7. The monoisotopic (exact) mass is 782 g/mol. The number of nitrogens with zero attached hydrogens (tertiary/aromatic N) is 4. The van der Waals surface area contributed by atoms with Gasteiger partial charge in [-0.25, -0.2) is 15.0 Å². The van der Waals surface area contributed by atoms with E-state index < -0.39 is 0 Å². The molecule has 0 atom stereocenters. The lowest BCUT2D eigenvalue weighted by atomic mass is 9.96. The van der Waals surface area contributed by atoms with Gasteiger partial charge in [-0.3, -0.25) is 0 Å². The number of hydrogen-bond donors (Lipinski definition) is 0. The average molecular weight is 783 g/mol. The normalized spacial score (nSPS) is 11.6. The van der Waals surface area contributed by atoms with Gasteiger partial charge in [-0.05, 0) is 88.6 Å². The molecule has 0 N–H and O–H groups in total. The fraction of sp³-hybridized carbons (Fsp3) is 0. The second-order valence-corrected chi connectivity index (χ2v) is 15.2. The van der Waals surface area contributed by atoms with Gasteiger partial charge < -0.3 is 13.7 Å². The zero-order valence-electron chi connectivity index (χ0n) is 32.7. The standard InChI is InChI=1S/C55H34N4O2/c1-4-15-37(16-5-1)53-56-54(38-17-6-2-7-18-38)58-55(57-53)46-32-39(33-50-52(46)51-43-21-11-10-14-36(43)26-30-49(51)61-50)35-24-27-41(28-25-35)59(40-19-8-3-9-20-40)42-29-31-48-45(34-42)44-22-12-13-23-47(44)60-48/h1-34H. The molecule has 0 fully saturated rings. The van der Waals surface area contributed by atoms with Crippen LogP contribution in [0.15, 0.2) is 215 Å². The minimum absolute atomic E-state index is 0.573. The number of para-hydroxylation sites is 2. The summed E-state index contributed by atoms with van der Waals surface area (Å²) in [5.41, 5.74) is 11.1. The van der Waals surface area contributed by atoms with Crippen LogP contribution in [0.1, 0.15) is 0 Å². The van der Waals surface area contributed by atoms with Crippen LogP contribution >= 0.6 is 0 Å². The number of benzene rings is 9. The quantitative estimate of drug-likeness (QED) is 0.160. The molecule has 286 valence electrons. The largest absolute Gasteiger partial charge is 0.456 e. The first-order chi connectivity index (χ1) is 30.2. The number of anilines is 3. The molecular formula is C55H34N4O2. The third-order valence-corrected chi connectivity index (χ3v) is 11.5. The van der Waals surface area contributed by atoms with Crippen LogP contribution in [0.25, 0.3) is 99.9 Å². The van der Waals surface area contributed by atoms with Crippen LogP contribution in [0.4, 0.5) is 17.1 Å². The summed E-state index contributed by atoms with van der Waals surface area (Å²) in [6.45, 7) is 0. The molecule has 3 heterocycles. The van der Waals surface area contributed by atoms with Crippen LogP contribution < -0.4 is 4.90 Å². The second kappa shape index (κ2) is 14.2. The van der Waals surface area contributed by atoms with Gasteiger partial charge in [0, 0.05) is 55.3 Å². The maximum absolute atomic E-state index is 6.76. The Morgan fingerprint density at radius 1 is 0.311 bits per heavy atom. The molecule has 0 amide bonds. The molecule has 3 aromatic heterocycles. The minimum atomic E-state index is 0.573. The van der Waals surface area contributed by atoms with Gasteiger partial charge in [0.15, 0.2) is 17.5 Å². The minimum Gasteiger partial charge on any atom is -0.456 e. The molecule has 12 aromatic rings. The zero-order chi connectivity index (χ0) is 40.3. The SMILES string of the molecule is c1ccc(-c2nc(-c3ccccc3)nc(-c3cc(-c4ccc(N(c5ccccc5)c5ccc6oc7ccccc7c6c5)cc4)cc4oc5ccc6ccccc6c5c34)n2)cc1. The molecule has 0 aliphatic heterocycles. The lowest BCUT2D eigenvalue weighted by Crippen LogP contribution is -2.09. The molecule has 12 rings (SSSR count). The summed E-state index contributed by atoms with van der Waals surface area (Å²) in [5.74, 6) is 1.78.